The minimum absolute atomic E-state index is 0.252. The molecule has 1 aromatic heterocycles. The average Bonchev–Trinajstić information content (AvgIpc) is 2.54. The predicted molar refractivity (Wildman–Crippen MR) is 89.2 cm³/mol. The quantitative estimate of drug-likeness (QED) is 0.860. The lowest BCUT2D eigenvalue weighted by Crippen LogP contribution is -2.63. The van der Waals surface area contributed by atoms with Gasteiger partial charge >= 0.3 is 0 Å². The molecule has 2 aromatic rings. The highest BCUT2D eigenvalue weighted by Gasteiger charge is 2.34. The second kappa shape index (κ2) is 6.02. The largest absolute Gasteiger partial charge is 0.353 e. The fraction of sp³-hybridized carbons (Fsp3) is 0.529. The molecule has 5 nitrogen and oxygen atoms in total. The number of fused-ring (bicyclic) bond motifs is 1. The van der Waals surface area contributed by atoms with Gasteiger partial charge < -0.3 is 9.80 Å². The van der Waals surface area contributed by atoms with Crippen molar-refractivity contribution >= 4 is 16.7 Å². The van der Waals surface area contributed by atoms with Gasteiger partial charge in [-0.2, -0.15) is 0 Å². The van der Waals surface area contributed by atoms with Gasteiger partial charge in [0.2, 0.25) is 0 Å². The number of rotatable bonds is 3. The van der Waals surface area contributed by atoms with Crippen LogP contribution in [0, 0.1) is 5.82 Å². The van der Waals surface area contributed by atoms with Crippen LogP contribution in [0.15, 0.2) is 24.5 Å². The fourth-order valence-electron chi connectivity index (χ4n) is 3.57. The maximum atomic E-state index is 13.3. The zero-order valence-electron chi connectivity index (χ0n) is 13.5. The molecule has 23 heavy (non-hydrogen) atoms. The third-order valence-corrected chi connectivity index (χ3v) is 5.11. The van der Waals surface area contributed by atoms with Crippen molar-refractivity contribution in [1.82, 2.24) is 19.8 Å². The van der Waals surface area contributed by atoms with Crippen LogP contribution in [0.5, 0.6) is 0 Å². The number of anilines is 1. The Kier molecular flexibility index (Phi) is 3.87. The van der Waals surface area contributed by atoms with Gasteiger partial charge in [-0.25, -0.2) is 14.4 Å². The Bertz CT molecular complexity index is 692. The van der Waals surface area contributed by atoms with Gasteiger partial charge in [-0.05, 0) is 18.7 Å². The Morgan fingerprint density at radius 3 is 2.65 bits per heavy atom. The predicted octanol–water partition coefficient (Wildman–Crippen LogP) is 1.59. The monoisotopic (exact) mass is 315 g/mol. The Morgan fingerprint density at radius 1 is 1.13 bits per heavy atom. The summed E-state index contributed by atoms with van der Waals surface area (Å²) in [5.74, 6) is 0.677. The number of likely N-dealkylation sites (N-methyl/N-ethyl adjacent to an activating group) is 1. The summed E-state index contributed by atoms with van der Waals surface area (Å²) in [5.41, 5.74) is 0.676. The Hall–Kier alpha value is -1.79. The summed E-state index contributed by atoms with van der Waals surface area (Å²) in [6, 6.07) is 5.35. The molecule has 0 N–H and O–H groups in total. The second-order valence-corrected chi connectivity index (χ2v) is 6.39. The summed E-state index contributed by atoms with van der Waals surface area (Å²) >= 11 is 0. The van der Waals surface area contributed by atoms with E-state index in [1.165, 1.54) is 31.5 Å². The van der Waals surface area contributed by atoms with Crippen molar-refractivity contribution in [2.75, 3.05) is 50.7 Å². The van der Waals surface area contributed by atoms with Gasteiger partial charge in [-0.3, -0.25) is 4.90 Å². The molecule has 0 spiro atoms. The fourth-order valence-corrected chi connectivity index (χ4v) is 3.57. The van der Waals surface area contributed by atoms with E-state index >= 15 is 0 Å². The zero-order chi connectivity index (χ0) is 15.8. The number of benzene rings is 1. The maximum Gasteiger partial charge on any atom is 0.139 e. The first-order valence-electron chi connectivity index (χ1n) is 8.36. The van der Waals surface area contributed by atoms with E-state index in [2.05, 4.69) is 31.6 Å². The molecule has 0 aliphatic carbocycles. The van der Waals surface area contributed by atoms with E-state index in [-0.39, 0.29) is 5.82 Å². The molecule has 2 saturated heterocycles. The Morgan fingerprint density at radius 2 is 1.91 bits per heavy atom. The molecule has 122 valence electrons. The van der Waals surface area contributed by atoms with E-state index in [1.54, 1.807) is 6.07 Å². The minimum Gasteiger partial charge on any atom is -0.353 e. The summed E-state index contributed by atoms with van der Waals surface area (Å²) in [6.45, 7) is 10.0. The lowest BCUT2D eigenvalue weighted by Gasteiger charge is -2.48. The molecule has 2 aliphatic rings. The van der Waals surface area contributed by atoms with E-state index in [0.717, 1.165) is 43.9 Å². The lowest BCUT2D eigenvalue weighted by atomic mass is 10.0. The van der Waals surface area contributed by atoms with Crippen molar-refractivity contribution in [3.63, 3.8) is 0 Å². The molecular formula is C17H22FN5. The molecule has 0 radical (unpaired) electrons. The van der Waals surface area contributed by atoms with Crippen LogP contribution in [-0.2, 0) is 0 Å². The third kappa shape index (κ3) is 2.77. The molecule has 1 aromatic carbocycles. The molecule has 0 unspecified atom stereocenters. The van der Waals surface area contributed by atoms with E-state index in [0.29, 0.717) is 11.6 Å². The van der Waals surface area contributed by atoms with Crippen molar-refractivity contribution in [2.45, 2.75) is 13.0 Å². The van der Waals surface area contributed by atoms with Crippen LogP contribution in [0.1, 0.15) is 6.92 Å². The SMILES string of the molecule is CCN1CCN(C2CN(c3ncnc4cc(F)ccc34)C2)CC1. The Labute approximate surface area is 135 Å². The summed E-state index contributed by atoms with van der Waals surface area (Å²) in [6.07, 6.45) is 1.53. The van der Waals surface area contributed by atoms with Crippen LogP contribution in [-0.4, -0.2) is 71.6 Å². The van der Waals surface area contributed by atoms with Gasteiger partial charge in [-0.15, -0.1) is 0 Å². The highest BCUT2D eigenvalue weighted by Crippen LogP contribution is 2.28. The number of hydrogen-bond acceptors (Lipinski definition) is 5. The highest BCUT2D eigenvalue weighted by atomic mass is 19.1. The van der Waals surface area contributed by atoms with Crippen molar-refractivity contribution in [3.8, 4) is 0 Å². The van der Waals surface area contributed by atoms with Gasteiger partial charge in [-0.1, -0.05) is 6.92 Å². The van der Waals surface area contributed by atoms with E-state index in [9.17, 15) is 4.39 Å². The second-order valence-electron chi connectivity index (χ2n) is 6.39. The maximum absolute atomic E-state index is 13.3. The first-order chi connectivity index (χ1) is 11.2. The highest BCUT2D eigenvalue weighted by molar-refractivity contribution is 5.89. The van der Waals surface area contributed by atoms with Crippen LogP contribution in [0.4, 0.5) is 10.2 Å². The number of nitrogens with zero attached hydrogens (tertiary/aromatic N) is 5. The topological polar surface area (TPSA) is 35.5 Å². The van der Waals surface area contributed by atoms with Crippen molar-refractivity contribution in [2.24, 2.45) is 0 Å². The molecule has 2 fully saturated rings. The molecule has 0 amide bonds. The van der Waals surface area contributed by atoms with Gasteiger partial charge in [0.05, 0.1) is 5.52 Å². The normalized spacial score (nSPS) is 20.9. The van der Waals surface area contributed by atoms with Crippen LogP contribution in [0.2, 0.25) is 0 Å². The zero-order valence-corrected chi connectivity index (χ0v) is 13.5. The number of piperazine rings is 1. The van der Waals surface area contributed by atoms with Crippen molar-refractivity contribution in [1.29, 1.82) is 0 Å². The molecule has 4 rings (SSSR count). The van der Waals surface area contributed by atoms with Crippen LogP contribution in [0.25, 0.3) is 10.9 Å². The molecular weight excluding hydrogens is 293 g/mol. The molecule has 0 saturated carbocycles. The van der Waals surface area contributed by atoms with E-state index in [1.807, 2.05) is 0 Å². The number of aromatic nitrogens is 2. The van der Waals surface area contributed by atoms with E-state index in [4.69, 9.17) is 0 Å². The van der Waals surface area contributed by atoms with Gasteiger partial charge in [0.1, 0.15) is 18.0 Å². The Balaban J connectivity index is 1.44. The molecule has 2 aliphatic heterocycles. The third-order valence-electron chi connectivity index (χ3n) is 5.11. The first kappa shape index (κ1) is 14.8. The van der Waals surface area contributed by atoms with Crippen LogP contribution in [0.3, 0.4) is 0 Å². The lowest BCUT2D eigenvalue weighted by molar-refractivity contribution is 0.0860. The summed E-state index contributed by atoms with van der Waals surface area (Å²) in [7, 11) is 0. The molecule has 0 bridgehead atoms. The summed E-state index contributed by atoms with van der Waals surface area (Å²) in [5, 5.41) is 0.933. The van der Waals surface area contributed by atoms with Crippen molar-refractivity contribution < 1.29 is 4.39 Å². The average molecular weight is 315 g/mol. The summed E-state index contributed by atoms with van der Waals surface area (Å²) < 4.78 is 13.3. The van der Waals surface area contributed by atoms with E-state index < -0.39 is 0 Å². The van der Waals surface area contributed by atoms with Crippen LogP contribution >= 0.6 is 0 Å². The smallest absolute Gasteiger partial charge is 0.139 e. The standard InChI is InChI=1S/C17H22FN5/c1-2-21-5-7-22(8-6-21)14-10-23(11-14)17-15-4-3-13(18)9-16(15)19-12-20-17/h3-4,9,12,14H,2,5-8,10-11H2,1H3. The van der Waals surface area contributed by atoms with Gasteiger partial charge in [0.15, 0.2) is 0 Å². The first-order valence-corrected chi connectivity index (χ1v) is 8.36. The number of halogens is 1. The van der Waals surface area contributed by atoms with Crippen LogP contribution < -0.4 is 4.90 Å². The van der Waals surface area contributed by atoms with Gasteiger partial charge in [0.25, 0.3) is 0 Å². The van der Waals surface area contributed by atoms with Crippen molar-refractivity contribution in [3.05, 3.63) is 30.3 Å². The molecule has 0 atom stereocenters. The van der Waals surface area contributed by atoms with Gasteiger partial charge in [0, 0.05) is 56.8 Å². The molecule has 6 heteroatoms. The summed E-state index contributed by atoms with van der Waals surface area (Å²) in [4.78, 5) is 16.0. The molecule has 3 heterocycles. The minimum atomic E-state index is -0.252. The number of hydrogen-bond donors (Lipinski definition) is 0.